The number of carboxylic acids is 1. The van der Waals surface area contributed by atoms with Crippen molar-refractivity contribution in [3.63, 3.8) is 0 Å². The highest BCUT2D eigenvalue weighted by Gasteiger charge is 2.34. The first-order valence-electron chi connectivity index (χ1n) is 6.35. The Labute approximate surface area is 144 Å². The molecule has 3 rings (SSSR count). The van der Waals surface area contributed by atoms with Gasteiger partial charge in [0, 0.05) is 4.88 Å². The highest BCUT2D eigenvalue weighted by Crippen LogP contribution is 2.37. The maximum absolute atomic E-state index is 12.6. The van der Waals surface area contributed by atoms with Gasteiger partial charge < -0.3 is 10.2 Å². The number of nitrogens with zero attached hydrogens (tertiary/aromatic N) is 1. The van der Waals surface area contributed by atoms with Crippen molar-refractivity contribution in [2.24, 2.45) is 0 Å². The molecule has 1 saturated heterocycles. The molecule has 1 aliphatic rings. The van der Waals surface area contributed by atoms with E-state index in [1.807, 2.05) is 17.5 Å². The molecule has 1 amide bonds. The molecule has 0 unspecified atom stereocenters. The van der Waals surface area contributed by atoms with Crippen LogP contribution < -0.4 is 4.90 Å². The van der Waals surface area contributed by atoms with Gasteiger partial charge in [0.2, 0.25) is 0 Å². The maximum Gasteiger partial charge on any atom is 0.339 e. The second-order valence-corrected chi connectivity index (χ2v) is 7.19. The minimum atomic E-state index is -1.27. The summed E-state index contributed by atoms with van der Waals surface area (Å²) in [5.41, 5.74) is 0.0380. The molecule has 23 heavy (non-hydrogen) atoms. The standard InChI is InChI=1S/C15H9NO4S3/c17-11-4-3-8(6-10(11)14(19)20)16-13(18)12(23-15(16)21)7-9-2-1-5-22-9/h1-7,17H,(H,19,20)/b12-7+. The lowest BCUT2D eigenvalue weighted by atomic mass is 10.1. The van der Waals surface area contributed by atoms with E-state index in [0.717, 1.165) is 16.6 Å². The molecule has 2 aromatic rings. The van der Waals surface area contributed by atoms with Crippen LogP contribution in [0.1, 0.15) is 15.2 Å². The zero-order valence-electron chi connectivity index (χ0n) is 11.4. The first-order chi connectivity index (χ1) is 11.0. The average molecular weight is 363 g/mol. The van der Waals surface area contributed by atoms with Crippen LogP contribution in [-0.2, 0) is 4.79 Å². The lowest BCUT2D eigenvalue weighted by Crippen LogP contribution is -2.27. The summed E-state index contributed by atoms with van der Waals surface area (Å²) in [6.45, 7) is 0. The van der Waals surface area contributed by atoms with Crippen LogP contribution in [0.15, 0.2) is 40.6 Å². The fourth-order valence-corrected chi connectivity index (χ4v) is 4.05. The molecule has 5 nitrogen and oxygen atoms in total. The molecule has 0 saturated carbocycles. The normalized spacial score (nSPS) is 16.3. The number of carbonyl (C=O) groups is 2. The number of hydrogen-bond acceptors (Lipinski definition) is 6. The number of aromatic carboxylic acids is 1. The Morgan fingerprint density at radius 2 is 2.09 bits per heavy atom. The lowest BCUT2D eigenvalue weighted by Gasteiger charge is -2.15. The zero-order valence-corrected chi connectivity index (χ0v) is 13.9. The van der Waals surface area contributed by atoms with Crippen molar-refractivity contribution in [1.29, 1.82) is 0 Å². The van der Waals surface area contributed by atoms with Crippen LogP contribution in [-0.4, -0.2) is 26.4 Å². The van der Waals surface area contributed by atoms with Gasteiger partial charge in [-0.05, 0) is 35.7 Å². The summed E-state index contributed by atoms with van der Waals surface area (Å²) < 4.78 is 0.319. The van der Waals surface area contributed by atoms with Crippen LogP contribution in [0, 0.1) is 0 Å². The highest BCUT2D eigenvalue weighted by atomic mass is 32.2. The SMILES string of the molecule is O=C(O)c1cc(N2C(=O)/C(=C\c3cccs3)SC2=S)ccc1O. The molecule has 0 bridgehead atoms. The molecule has 1 fully saturated rings. The number of amides is 1. The van der Waals surface area contributed by atoms with E-state index < -0.39 is 5.97 Å². The minimum Gasteiger partial charge on any atom is -0.507 e. The molecule has 1 aromatic heterocycles. The third kappa shape index (κ3) is 3.00. The topological polar surface area (TPSA) is 77.8 Å². The first-order valence-corrected chi connectivity index (χ1v) is 8.45. The van der Waals surface area contributed by atoms with E-state index in [1.165, 1.54) is 34.4 Å². The number of carboxylic acid groups (broad SMARTS) is 1. The molecule has 116 valence electrons. The van der Waals surface area contributed by atoms with Gasteiger partial charge in [0.05, 0.1) is 10.6 Å². The van der Waals surface area contributed by atoms with Gasteiger partial charge >= 0.3 is 5.97 Å². The Morgan fingerprint density at radius 3 is 2.74 bits per heavy atom. The van der Waals surface area contributed by atoms with Crippen molar-refractivity contribution in [2.75, 3.05) is 4.90 Å². The maximum atomic E-state index is 12.6. The van der Waals surface area contributed by atoms with Crippen molar-refractivity contribution in [3.05, 3.63) is 51.1 Å². The van der Waals surface area contributed by atoms with E-state index in [1.54, 1.807) is 6.08 Å². The van der Waals surface area contributed by atoms with Crippen LogP contribution >= 0.6 is 35.3 Å². The Bertz CT molecular complexity index is 842. The third-order valence-corrected chi connectivity index (χ3v) is 5.20. The van der Waals surface area contributed by atoms with Crippen LogP contribution in [0.25, 0.3) is 6.08 Å². The summed E-state index contributed by atoms with van der Waals surface area (Å²) in [4.78, 5) is 26.3. The Morgan fingerprint density at radius 1 is 1.30 bits per heavy atom. The van der Waals surface area contributed by atoms with Gasteiger partial charge in [0.15, 0.2) is 4.32 Å². The van der Waals surface area contributed by atoms with Gasteiger partial charge in [0.25, 0.3) is 5.91 Å². The average Bonchev–Trinajstić information content (AvgIpc) is 3.09. The zero-order chi connectivity index (χ0) is 16.6. The minimum absolute atomic E-state index is 0.279. The van der Waals surface area contributed by atoms with Gasteiger partial charge in [-0.15, -0.1) is 11.3 Å². The second-order valence-electron chi connectivity index (χ2n) is 4.54. The molecule has 0 atom stereocenters. The number of anilines is 1. The van der Waals surface area contributed by atoms with Gasteiger partial charge in [-0.1, -0.05) is 30.0 Å². The number of carbonyl (C=O) groups excluding carboxylic acids is 1. The summed E-state index contributed by atoms with van der Waals surface area (Å²) in [5, 5.41) is 20.6. The van der Waals surface area contributed by atoms with E-state index in [4.69, 9.17) is 17.3 Å². The van der Waals surface area contributed by atoms with Crippen LogP contribution in [0.5, 0.6) is 5.75 Å². The monoisotopic (exact) mass is 363 g/mol. The molecule has 2 N–H and O–H groups in total. The molecule has 1 aromatic carbocycles. The van der Waals surface area contributed by atoms with Crippen molar-refractivity contribution in [2.45, 2.75) is 0 Å². The number of thiocarbonyl (C=S) groups is 1. The van der Waals surface area contributed by atoms with Gasteiger partial charge in [-0.25, -0.2) is 4.79 Å². The number of phenols is 1. The number of rotatable bonds is 3. The van der Waals surface area contributed by atoms with Gasteiger partial charge in [-0.3, -0.25) is 9.69 Å². The Kier molecular flexibility index (Phi) is 4.20. The van der Waals surface area contributed by atoms with Crippen molar-refractivity contribution < 1.29 is 19.8 Å². The fraction of sp³-hybridized carbons (Fsp3) is 0. The highest BCUT2D eigenvalue weighted by molar-refractivity contribution is 8.27. The lowest BCUT2D eigenvalue weighted by molar-refractivity contribution is -0.113. The van der Waals surface area contributed by atoms with E-state index in [0.29, 0.717) is 14.9 Å². The number of benzene rings is 1. The molecule has 0 aliphatic carbocycles. The number of aromatic hydroxyl groups is 1. The summed E-state index contributed by atoms with van der Waals surface area (Å²) in [6, 6.07) is 7.70. The van der Waals surface area contributed by atoms with Crippen LogP contribution in [0.2, 0.25) is 0 Å². The van der Waals surface area contributed by atoms with Gasteiger partial charge in [-0.2, -0.15) is 0 Å². The second kappa shape index (κ2) is 6.15. The van der Waals surface area contributed by atoms with Crippen molar-refractivity contribution in [1.82, 2.24) is 0 Å². The van der Waals surface area contributed by atoms with Crippen LogP contribution in [0.4, 0.5) is 5.69 Å². The fourth-order valence-electron chi connectivity index (χ4n) is 2.03. The largest absolute Gasteiger partial charge is 0.507 e. The summed E-state index contributed by atoms with van der Waals surface area (Å²) >= 11 is 7.90. The molecular formula is C15H9NO4S3. The number of hydrogen-bond donors (Lipinski definition) is 2. The molecular weight excluding hydrogens is 354 g/mol. The molecule has 8 heteroatoms. The van der Waals surface area contributed by atoms with E-state index in [9.17, 15) is 14.7 Å². The Balaban J connectivity index is 1.98. The summed E-state index contributed by atoms with van der Waals surface area (Å²) in [6.07, 6.45) is 1.75. The molecule has 0 radical (unpaired) electrons. The summed E-state index contributed by atoms with van der Waals surface area (Å²) in [5.74, 6) is -1.94. The van der Waals surface area contributed by atoms with E-state index in [-0.39, 0.29) is 17.2 Å². The predicted octanol–water partition coefficient (Wildman–Crippen LogP) is 3.56. The number of thioether (sulfide) groups is 1. The first kappa shape index (κ1) is 15.7. The van der Waals surface area contributed by atoms with Crippen molar-refractivity contribution in [3.8, 4) is 5.75 Å². The molecule has 1 aliphatic heterocycles. The summed E-state index contributed by atoms with van der Waals surface area (Å²) in [7, 11) is 0. The Hall–Kier alpha value is -2.16. The van der Waals surface area contributed by atoms with Crippen molar-refractivity contribution >= 4 is 63.3 Å². The molecule has 2 heterocycles. The van der Waals surface area contributed by atoms with Crippen LogP contribution in [0.3, 0.4) is 0 Å². The number of thiophene rings is 1. The van der Waals surface area contributed by atoms with E-state index >= 15 is 0 Å². The smallest absolute Gasteiger partial charge is 0.339 e. The third-order valence-electron chi connectivity index (χ3n) is 3.08. The van der Waals surface area contributed by atoms with E-state index in [2.05, 4.69) is 0 Å². The quantitative estimate of drug-likeness (QED) is 0.641. The molecule has 0 spiro atoms. The predicted molar refractivity (Wildman–Crippen MR) is 95.0 cm³/mol. The van der Waals surface area contributed by atoms with Gasteiger partial charge in [0.1, 0.15) is 11.3 Å².